The van der Waals surface area contributed by atoms with Gasteiger partial charge >= 0.3 is 0 Å². The minimum absolute atomic E-state index is 0.142. The van der Waals surface area contributed by atoms with E-state index < -0.39 is 0 Å². The Morgan fingerprint density at radius 3 is 2.34 bits per heavy atom. The lowest BCUT2D eigenvalue weighted by atomic mass is 9.81. The molecule has 0 atom stereocenters. The number of aryl methyl sites for hydroxylation is 1. The smallest absolute Gasteiger partial charge is 0.216 e. The molecule has 0 saturated heterocycles. The van der Waals surface area contributed by atoms with Gasteiger partial charge in [-0.1, -0.05) is 62.4 Å². The van der Waals surface area contributed by atoms with Crippen molar-refractivity contribution < 1.29 is 10.4 Å². The second-order valence-electron chi connectivity index (χ2n) is 10.7. The summed E-state index contributed by atoms with van der Waals surface area (Å²) in [5.41, 5.74) is 11.8. The van der Waals surface area contributed by atoms with Crippen LogP contribution in [0.4, 0.5) is 0 Å². The molecule has 0 amide bonds. The van der Waals surface area contributed by atoms with Gasteiger partial charge in [0.25, 0.3) is 0 Å². The first-order chi connectivity index (χ1) is 18.8. The van der Waals surface area contributed by atoms with Crippen molar-refractivity contribution in [2.24, 2.45) is 7.05 Å². The number of benzene rings is 4. The number of aromatic nitrogens is 1. The van der Waals surface area contributed by atoms with Crippen LogP contribution in [0.15, 0.2) is 95.5 Å². The number of nitriles is 1. The van der Waals surface area contributed by atoms with Gasteiger partial charge in [-0.05, 0) is 64.6 Å². The van der Waals surface area contributed by atoms with Crippen LogP contribution in [0.5, 0.6) is 0 Å². The van der Waals surface area contributed by atoms with Gasteiger partial charge in [-0.15, -0.1) is 0 Å². The number of pyridine rings is 1. The van der Waals surface area contributed by atoms with Crippen LogP contribution >= 0.6 is 0 Å². The highest BCUT2D eigenvalue weighted by atomic mass is 16.3. The SMILES string of the molecule is [2H]c1cccc(-c2c(C)ccc3c2oc2c(-c4ccc5c(c4)C(C)(C)c4ccccc4-5)c(C#N)ccc23)[n+]1C. The number of hydrogen-bond acceptors (Lipinski definition) is 2. The van der Waals surface area contributed by atoms with Crippen LogP contribution in [-0.2, 0) is 12.5 Å². The molecule has 3 nitrogen and oxygen atoms in total. The number of furan rings is 1. The van der Waals surface area contributed by atoms with Gasteiger partial charge in [0.2, 0.25) is 5.69 Å². The maximum Gasteiger partial charge on any atom is 0.216 e. The van der Waals surface area contributed by atoms with Crippen molar-refractivity contribution in [2.45, 2.75) is 26.2 Å². The molecule has 0 bridgehead atoms. The Morgan fingerprint density at radius 2 is 1.53 bits per heavy atom. The molecule has 0 saturated carbocycles. The Bertz CT molecular complexity index is 2040. The van der Waals surface area contributed by atoms with Gasteiger partial charge in [-0.3, -0.25) is 0 Å². The van der Waals surface area contributed by atoms with Crippen molar-refractivity contribution in [1.82, 2.24) is 0 Å². The molecule has 182 valence electrons. The minimum atomic E-state index is -0.142. The largest absolute Gasteiger partial charge is 0.454 e. The van der Waals surface area contributed by atoms with E-state index in [0.29, 0.717) is 17.3 Å². The summed E-state index contributed by atoms with van der Waals surface area (Å²) in [6.07, 6.45) is 0.425. The van der Waals surface area contributed by atoms with Crippen LogP contribution in [0.2, 0.25) is 0 Å². The molecule has 2 aromatic heterocycles. The van der Waals surface area contributed by atoms with Crippen molar-refractivity contribution in [3.05, 3.63) is 113 Å². The van der Waals surface area contributed by atoms with Crippen LogP contribution in [-0.4, -0.2) is 0 Å². The number of rotatable bonds is 2. The highest BCUT2D eigenvalue weighted by molar-refractivity contribution is 6.14. The second-order valence-corrected chi connectivity index (χ2v) is 10.7. The standard InChI is InChI=1S/C35H27N2O/c1-21-12-15-26-27-17-14-23(20-36)32(34(27)38-33(26)31(21)30-11-7-8-18-37(30)4)22-13-16-25-24-9-5-6-10-28(24)35(2,3)29(25)19-22/h5-19H,1-4H3/q+1/i18D. The first-order valence-corrected chi connectivity index (χ1v) is 12.9. The van der Waals surface area contributed by atoms with Gasteiger partial charge in [-0.25, -0.2) is 4.57 Å². The summed E-state index contributed by atoms with van der Waals surface area (Å²) in [5.74, 6) is 0. The zero-order valence-corrected chi connectivity index (χ0v) is 21.9. The summed E-state index contributed by atoms with van der Waals surface area (Å²) in [5, 5.41) is 12.2. The van der Waals surface area contributed by atoms with Gasteiger partial charge in [-0.2, -0.15) is 5.26 Å². The molecule has 0 N–H and O–H groups in total. The average Bonchev–Trinajstić information content (AvgIpc) is 3.42. The topological polar surface area (TPSA) is 40.8 Å². The second kappa shape index (κ2) is 7.91. The molecule has 1 aliphatic carbocycles. The Balaban J connectivity index is 1.53. The van der Waals surface area contributed by atoms with E-state index in [1.165, 1.54) is 22.3 Å². The number of hydrogen-bond donors (Lipinski definition) is 0. The van der Waals surface area contributed by atoms with E-state index in [4.69, 9.17) is 5.79 Å². The van der Waals surface area contributed by atoms with E-state index in [1.807, 2.05) is 35.9 Å². The first kappa shape index (κ1) is 21.4. The molecule has 4 aromatic carbocycles. The minimum Gasteiger partial charge on any atom is -0.454 e. The van der Waals surface area contributed by atoms with E-state index in [-0.39, 0.29) is 5.41 Å². The molecule has 0 spiro atoms. The number of fused-ring (bicyclic) bond motifs is 6. The zero-order chi connectivity index (χ0) is 27.1. The highest BCUT2D eigenvalue weighted by Crippen LogP contribution is 2.50. The summed E-state index contributed by atoms with van der Waals surface area (Å²) in [7, 11) is 1.90. The lowest BCUT2D eigenvalue weighted by Gasteiger charge is -2.22. The predicted octanol–water partition coefficient (Wildman–Crippen LogP) is 8.23. The van der Waals surface area contributed by atoms with Crippen molar-refractivity contribution in [2.75, 3.05) is 0 Å². The van der Waals surface area contributed by atoms with Gasteiger partial charge in [0.05, 0.1) is 17.2 Å². The summed E-state index contributed by atoms with van der Waals surface area (Å²) in [6, 6.07) is 31.4. The predicted molar refractivity (Wildman–Crippen MR) is 153 cm³/mol. The molecular weight excluding hydrogens is 464 g/mol. The fourth-order valence-corrected chi connectivity index (χ4v) is 6.29. The van der Waals surface area contributed by atoms with E-state index in [2.05, 4.69) is 81.4 Å². The molecule has 7 rings (SSSR count). The third-order valence-corrected chi connectivity index (χ3v) is 8.25. The first-order valence-electron chi connectivity index (χ1n) is 13.4. The van der Waals surface area contributed by atoms with Crippen LogP contribution in [0, 0.1) is 18.3 Å². The lowest BCUT2D eigenvalue weighted by molar-refractivity contribution is -0.660. The maximum absolute atomic E-state index is 10.2. The molecule has 38 heavy (non-hydrogen) atoms. The lowest BCUT2D eigenvalue weighted by Crippen LogP contribution is -2.30. The van der Waals surface area contributed by atoms with Crippen molar-refractivity contribution in [3.8, 4) is 39.6 Å². The average molecular weight is 493 g/mol. The summed E-state index contributed by atoms with van der Waals surface area (Å²) in [4.78, 5) is 0. The molecule has 0 fully saturated rings. The fraction of sp³-hybridized carbons (Fsp3) is 0.143. The van der Waals surface area contributed by atoms with Crippen LogP contribution in [0.25, 0.3) is 55.4 Å². The van der Waals surface area contributed by atoms with E-state index in [1.54, 1.807) is 6.07 Å². The molecule has 0 radical (unpaired) electrons. The molecule has 6 aromatic rings. The van der Waals surface area contributed by atoms with Gasteiger partial charge in [0, 0.05) is 33.9 Å². The van der Waals surface area contributed by atoms with Crippen LogP contribution in [0.1, 0.15) is 37.5 Å². The fourth-order valence-electron chi connectivity index (χ4n) is 6.29. The van der Waals surface area contributed by atoms with Gasteiger partial charge in [0.15, 0.2) is 6.17 Å². The molecule has 1 aliphatic rings. The molecule has 2 heterocycles. The third kappa shape index (κ3) is 2.98. The van der Waals surface area contributed by atoms with E-state index in [0.717, 1.165) is 44.3 Å². The van der Waals surface area contributed by atoms with Crippen molar-refractivity contribution in [3.63, 3.8) is 0 Å². The van der Waals surface area contributed by atoms with Crippen LogP contribution < -0.4 is 4.57 Å². The summed E-state index contributed by atoms with van der Waals surface area (Å²) >= 11 is 0. The normalized spacial score (nSPS) is 13.8. The van der Waals surface area contributed by atoms with Gasteiger partial charge in [0.1, 0.15) is 19.6 Å². The molecule has 0 aliphatic heterocycles. The van der Waals surface area contributed by atoms with E-state index >= 15 is 0 Å². The highest BCUT2D eigenvalue weighted by Gasteiger charge is 2.35. The quantitative estimate of drug-likeness (QED) is 0.228. The Kier molecular flexibility index (Phi) is 4.46. The van der Waals surface area contributed by atoms with Crippen molar-refractivity contribution in [1.29, 1.82) is 5.26 Å². The van der Waals surface area contributed by atoms with E-state index in [9.17, 15) is 5.26 Å². The zero-order valence-electron chi connectivity index (χ0n) is 22.9. The molecule has 0 unspecified atom stereocenters. The monoisotopic (exact) mass is 492 g/mol. The summed E-state index contributed by atoms with van der Waals surface area (Å²) in [6.45, 7) is 6.61. The Labute approximate surface area is 223 Å². The van der Waals surface area contributed by atoms with Crippen LogP contribution in [0.3, 0.4) is 0 Å². The maximum atomic E-state index is 10.2. The Hall–Kier alpha value is -4.68. The third-order valence-electron chi connectivity index (χ3n) is 8.25. The Morgan fingerprint density at radius 1 is 0.816 bits per heavy atom. The molecular formula is C35H27N2O+. The summed E-state index contributed by atoms with van der Waals surface area (Å²) < 4.78 is 17.0. The van der Waals surface area contributed by atoms with Crippen molar-refractivity contribution >= 4 is 21.9 Å². The van der Waals surface area contributed by atoms with Gasteiger partial charge < -0.3 is 4.42 Å². The number of nitrogens with zero attached hydrogens (tertiary/aromatic N) is 2. The molecule has 3 heteroatoms.